The van der Waals surface area contributed by atoms with E-state index in [2.05, 4.69) is 52.0 Å². The molecule has 19 heavy (non-hydrogen) atoms. The molecular weight excluding hydrogens is 234 g/mol. The van der Waals surface area contributed by atoms with Gasteiger partial charge in [0.1, 0.15) is 11.9 Å². The van der Waals surface area contributed by atoms with Gasteiger partial charge < -0.3 is 10.5 Å². The van der Waals surface area contributed by atoms with E-state index in [1.54, 1.807) is 0 Å². The van der Waals surface area contributed by atoms with Crippen molar-refractivity contribution in [3.63, 3.8) is 0 Å². The number of hydrogen-bond donors (Lipinski definition) is 1. The molecule has 2 N–H and O–H groups in total. The van der Waals surface area contributed by atoms with Crippen molar-refractivity contribution in [3.05, 3.63) is 29.8 Å². The third kappa shape index (κ3) is 3.50. The van der Waals surface area contributed by atoms with Crippen LogP contribution in [0.15, 0.2) is 24.3 Å². The molecule has 1 aromatic rings. The van der Waals surface area contributed by atoms with Gasteiger partial charge in [-0.2, -0.15) is 0 Å². The lowest BCUT2D eigenvalue weighted by atomic mass is 9.78. The van der Waals surface area contributed by atoms with Gasteiger partial charge in [0.2, 0.25) is 0 Å². The minimum Gasteiger partial charge on any atom is -0.489 e. The van der Waals surface area contributed by atoms with E-state index in [0.717, 1.165) is 12.2 Å². The normalized spacial score (nSPS) is 31.5. The average Bonchev–Trinajstić information content (AvgIpc) is 2.34. The molecule has 4 unspecified atom stereocenters. The Balaban J connectivity index is 2.03. The molecule has 106 valence electrons. The van der Waals surface area contributed by atoms with E-state index < -0.39 is 0 Å². The number of ether oxygens (including phenoxy) is 1. The fourth-order valence-electron chi connectivity index (χ4n) is 3.18. The van der Waals surface area contributed by atoms with Gasteiger partial charge in [-0.05, 0) is 48.3 Å². The van der Waals surface area contributed by atoms with Crippen molar-refractivity contribution in [1.29, 1.82) is 0 Å². The third-order valence-electron chi connectivity index (χ3n) is 4.25. The Hall–Kier alpha value is -1.02. The summed E-state index contributed by atoms with van der Waals surface area (Å²) in [7, 11) is 0. The molecule has 0 aliphatic heterocycles. The predicted octanol–water partition coefficient (Wildman–Crippen LogP) is 3.95. The van der Waals surface area contributed by atoms with Gasteiger partial charge >= 0.3 is 0 Å². The molecule has 1 saturated carbocycles. The highest BCUT2D eigenvalue weighted by atomic mass is 16.5. The minimum absolute atomic E-state index is 0.154. The van der Waals surface area contributed by atoms with Gasteiger partial charge in [-0.3, -0.25) is 0 Å². The quantitative estimate of drug-likeness (QED) is 0.894. The molecule has 0 saturated heterocycles. The Morgan fingerprint density at radius 3 is 2.26 bits per heavy atom. The Morgan fingerprint density at radius 1 is 1.11 bits per heavy atom. The summed E-state index contributed by atoms with van der Waals surface area (Å²) >= 11 is 0. The third-order valence-corrected chi connectivity index (χ3v) is 4.25. The first-order valence-electron chi connectivity index (χ1n) is 7.49. The van der Waals surface area contributed by atoms with Crippen LogP contribution in [0.4, 0.5) is 0 Å². The molecule has 0 aromatic heterocycles. The lowest BCUT2D eigenvalue weighted by Gasteiger charge is -2.37. The highest BCUT2D eigenvalue weighted by Crippen LogP contribution is 2.31. The molecule has 0 bridgehead atoms. The van der Waals surface area contributed by atoms with Gasteiger partial charge in [-0.25, -0.2) is 0 Å². The van der Waals surface area contributed by atoms with E-state index in [1.807, 2.05) is 0 Å². The number of nitrogens with two attached hydrogens (primary N) is 1. The molecular formula is C17H27NO. The van der Waals surface area contributed by atoms with Crippen LogP contribution in [0.5, 0.6) is 5.75 Å². The van der Waals surface area contributed by atoms with Gasteiger partial charge in [-0.1, -0.05) is 39.8 Å². The Kier molecular flexibility index (Phi) is 4.51. The van der Waals surface area contributed by atoms with Crippen LogP contribution in [-0.2, 0) is 0 Å². The van der Waals surface area contributed by atoms with E-state index in [9.17, 15) is 0 Å². The van der Waals surface area contributed by atoms with E-state index in [-0.39, 0.29) is 12.1 Å². The van der Waals surface area contributed by atoms with Crippen molar-refractivity contribution < 1.29 is 4.74 Å². The molecule has 0 spiro atoms. The fraction of sp³-hybridized carbons (Fsp3) is 0.647. The molecule has 2 nitrogen and oxygen atoms in total. The van der Waals surface area contributed by atoms with E-state index in [1.165, 1.54) is 12.0 Å². The predicted molar refractivity (Wildman–Crippen MR) is 80.5 cm³/mol. The molecule has 0 radical (unpaired) electrons. The standard InChI is InChI=1S/C17H27NO/c1-11(2)14-5-7-15(8-6-14)19-17-13(4)9-12(3)10-16(17)18/h5-8,11-13,16-17H,9-10,18H2,1-4H3. The van der Waals surface area contributed by atoms with Gasteiger partial charge in [0.15, 0.2) is 0 Å². The van der Waals surface area contributed by atoms with Crippen LogP contribution in [-0.4, -0.2) is 12.1 Å². The van der Waals surface area contributed by atoms with Crippen molar-refractivity contribution in [1.82, 2.24) is 0 Å². The van der Waals surface area contributed by atoms with Crippen LogP contribution < -0.4 is 10.5 Å². The lowest BCUT2D eigenvalue weighted by Crippen LogP contribution is -2.48. The highest BCUT2D eigenvalue weighted by Gasteiger charge is 2.33. The molecule has 1 aliphatic carbocycles. The Labute approximate surface area is 117 Å². The van der Waals surface area contributed by atoms with Crippen molar-refractivity contribution >= 4 is 0 Å². The first-order valence-corrected chi connectivity index (χ1v) is 7.49. The largest absolute Gasteiger partial charge is 0.489 e. The second kappa shape index (κ2) is 5.96. The molecule has 1 aliphatic rings. The number of benzene rings is 1. The molecule has 0 heterocycles. The maximum atomic E-state index is 6.26. The van der Waals surface area contributed by atoms with Gasteiger partial charge in [0.05, 0.1) is 0 Å². The molecule has 2 rings (SSSR count). The first-order chi connectivity index (χ1) is 8.97. The van der Waals surface area contributed by atoms with Gasteiger partial charge in [0, 0.05) is 6.04 Å². The first kappa shape index (κ1) is 14.4. The molecule has 1 fully saturated rings. The van der Waals surface area contributed by atoms with Crippen LogP contribution >= 0.6 is 0 Å². The zero-order valence-corrected chi connectivity index (χ0v) is 12.6. The van der Waals surface area contributed by atoms with Crippen molar-refractivity contribution in [2.75, 3.05) is 0 Å². The molecule has 2 heteroatoms. The summed E-state index contributed by atoms with van der Waals surface area (Å²) in [6, 6.07) is 8.62. The minimum atomic E-state index is 0.154. The van der Waals surface area contributed by atoms with Crippen molar-refractivity contribution in [2.24, 2.45) is 17.6 Å². The lowest BCUT2D eigenvalue weighted by molar-refractivity contribution is 0.0626. The molecule has 0 amide bonds. The van der Waals surface area contributed by atoms with Gasteiger partial charge in [0.25, 0.3) is 0 Å². The van der Waals surface area contributed by atoms with Crippen LogP contribution in [0, 0.1) is 11.8 Å². The molecule has 4 atom stereocenters. The molecule has 1 aromatic carbocycles. The second-order valence-corrected chi connectivity index (χ2v) is 6.52. The van der Waals surface area contributed by atoms with Crippen molar-refractivity contribution in [3.8, 4) is 5.75 Å². The van der Waals surface area contributed by atoms with Crippen molar-refractivity contribution in [2.45, 2.75) is 58.6 Å². The fourth-order valence-corrected chi connectivity index (χ4v) is 3.18. The van der Waals surface area contributed by atoms with E-state index in [4.69, 9.17) is 10.5 Å². The summed E-state index contributed by atoms with van der Waals surface area (Å²) < 4.78 is 6.14. The Bertz CT molecular complexity index is 386. The summed E-state index contributed by atoms with van der Waals surface area (Å²) in [6.45, 7) is 8.94. The maximum Gasteiger partial charge on any atom is 0.119 e. The van der Waals surface area contributed by atoms with Crippen LogP contribution in [0.1, 0.15) is 52.0 Å². The SMILES string of the molecule is CC1CC(C)C(Oc2ccc(C(C)C)cc2)C(N)C1. The van der Waals surface area contributed by atoms with E-state index >= 15 is 0 Å². The second-order valence-electron chi connectivity index (χ2n) is 6.52. The zero-order chi connectivity index (χ0) is 14.0. The summed E-state index contributed by atoms with van der Waals surface area (Å²) in [5.41, 5.74) is 7.61. The van der Waals surface area contributed by atoms with E-state index in [0.29, 0.717) is 17.8 Å². The highest BCUT2D eigenvalue weighted by molar-refractivity contribution is 5.29. The van der Waals surface area contributed by atoms with Crippen LogP contribution in [0.25, 0.3) is 0 Å². The van der Waals surface area contributed by atoms with Crippen LogP contribution in [0.3, 0.4) is 0 Å². The number of rotatable bonds is 3. The Morgan fingerprint density at radius 2 is 1.74 bits per heavy atom. The van der Waals surface area contributed by atoms with Crippen LogP contribution in [0.2, 0.25) is 0 Å². The smallest absolute Gasteiger partial charge is 0.119 e. The number of hydrogen-bond acceptors (Lipinski definition) is 2. The zero-order valence-electron chi connectivity index (χ0n) is 12.6. The average molecular weight is 261 g/mol. The summed E-state index contributed by atoms with van der Waals surface area (Å²) in [4.78, 5) is 0. The van der Waals surface area contributed by atoms with Gasteiger partial charge in [-0.15, -0.1) is 0 Å². The maximum absolute atomic E-state index is 6.26. The monoisotopic (exact) mass is 261 g/mol. The summed E-state index contributed by atoms with van der Waals surface area (Å²) in [5, 5.41) is 0. The summed E-state index contributed by atoms with van der Waals surface area (Å²) in [5.74, 6) is 2.76. The topological polar surface area (TPSA) is 35.2 Å². The summed E-state index contributed by atoms with van der Waals surface area (Å²) in [6.07, 6.45) is 2.43.